The van der Waals surface area contributed by atoms with Gasteiger partial charge in [-0.05, 0) is 19.9 Å². The van der Waals surface area contributed by atoms with Crippen LogP contribution < -0.4 is 4.87 Å². The second kappa shape index (κ2) is 4.21. The highest BCUT2D eigenvalue weighted by atomic mass is 32.1. The molecule has 0 unspecified atom stereocenters. The number of aryl methyl sites for hydroxylation is 1. The van der Waals surface area contributed by atoms with Crippen molar-refractivity contribution < 1.29 is 14.3 Å². The molecular formula is C11H11NO4S. The minimum Gasteiger partial charge on any atom is -0.478 e. The molecule has 90 valence electrons. The average Bonchev–Trinajstić information content (AvgIpc) is 2.80. The SMILES string of the molecule is Cc1sc(=O)n(Cc2cc(C(=O)O)co2)c1C. The van der Waals surface area contributed by atoms with Crippen LogP contribution in [0.25, 0.3) is 0 Å². The lowest BCUT2D eigenvalue weighted by atomic mass is 10.3. The molecule has 0 spiro atoms. The highest BCUT2D eigenvalue weighted by Gasteiger charge is 2.12. The number of carboxylic acids is 1. The lowest BCUT2D eigenvalue weighted by molar-refractivity contribution is 0.0696. The molecule has 0 aliphatic rings. The summed E-state index contributed by atoms with van der Waals surface area (Å²) in [6.45, 7) is 4.00. The van der Waals surface area contributed by atoms with Crippen molar-refractivity contribution in [2.24, 2.45) is 0 Å². The van der Waals surface area contributed by atoms with Gasteiger partial charge >= 0.3 is 10.8 Å². The molecular weight excluding hydrogens is 242 g/mol. The Hall–Kier alpha value is -1.82. The smallest absolute Gasteiger partial charge is 0.338 e. The quantitative estimate of drug-likeness (QED) is 0.906. The first-order valence-electron chi connectivity index (χ1n) is 4.96. The number of aromatic carboxylic acids is 1. The second-order valence-electron chi connectivity index (χ2n) is 3.70. The van der Waals surface area contributed by atoms with E-state index in [1.54, 1.807) is 4.57 Å². The second-order valence-corrected chi connectivity index (χ2v) is 4.87. The van der Waals surface area contributed by atoms with E-state index in [0.29, 0.717) is 5.76 Å². The molecule has 0 fully saturated rings. The lowest BCUT2D eigenvalue weighted by Gasteiger charge is -2.01. The maximum absolute atomic E-state index is 11.6. The molecule has 0 amide bonds. The third-order valence-electron chi connectivity index (χ3n) is 2.59. The largest absolute Gasteiger partial charge is 0.478 e. The summed E-state index contributed by atoms with van der Waals surface area (Å²) in [6.07, 6.45) is 1.18. The fraction of sp³-hybridized carbons (Fsp3) is 0.273. The molecule has 2 rings (SSSR count). The van der Waals surface area contributed by atoms with Crippen molar-refractivity contribution in [3.05, 3.63) is 43.9 Å². The van der Waals surface area contributed by atoms with Crippen molar-refractivity contribution in [1.29, 1.82) is 0 Å². The molecule has 2 aromatic rings. The van der Waals surface area contributed by atoms with Crippen molar-refractivity contribution in [3.63, 3.8) is 0 Å². The molecule has 0 bridgehead atoms. The summed E-state index contributed by atoms with van der Waals surface area (Å²) in [5.74, 6) is -0.573. The van der Waals surface area contributed by atoms with Crippen molar-refractivity contribution in [2.45, 2.75) is 20.4 Å². The Morgan fingerprint density at radius 2 is 2.24 bits per heavy atom. The molecule has 17 heavy (non-hydrogen) atoms. The van der Waals surface area contributed by atoms with Gasteiger partial charge in [-0.3, -0.25) is 9.36 Å². The zero-order valence-corrected chi connectivity index (χ0v) is 10.2. The predicted octanol–water partition coefficient (Wildman–Crippen LogP) is 1.87. The number of rotatable bonds is 3. The van der Waals surface area contributed by atoms with Crippen LogP contribution in [0.5, 0.6) is 0 Å². The molecule has 0 radical (unpaired) electrons. The normalized spacial score (nSPS) is 10.7. The van der Waals surface area contributed by atoms with E-state index >= 15 is 0 Å². The van der Waals surface area contributed by atoms with Gasteiger partial charge in [-0.25, -0.2) is 4.79 Å². The van der Waals surface area contributed by atoms with Crippen LogP contribution in [0.15, 0.2) is 21.5 Å². The summed E-state index contributed by atoms with van der Waals surface area (Å²) < 4.78 is 6.69. The minimum atomic E-state index is -1.04. The minimum absolute atomic E-state index is 0.0618. The summed E-state index contributed by atoms with van der Waals surface area (Å²) in [6, 6.07) is 1.43. The van der Waals surface area contributed by atoms with Gasteiger partial charge < -0.3 is 9.52 Å². The first-order chi connectivity index (χ1) is 7.99. The highest BCUT2D eigenvalue weighted by molar-refractivity contribution is 7.09. The summed E-state index contributed by atoms with van der Waals surface area (Å²) >= 11 is 1.18. The van der Waals surface area contributed by atoms with Crippen LogP contribution in [0.3, 0.4) is 0 Å². The molecule has 0 aliphatic heterocycles. The summed E-state index contributed by atoms with van der Waals surface area (Å²) in [7, 11) is 0. The van der Waals surface area contributed by atoms with Crippen LogP contribution in [-0.4, -0.2) is 15.6 Å². The number of nitrogens with zero attached hydrogens (tertiary/aromatic N) is 1. The number of thiazole rings is 1. The lowest BCUT2D eigenvalue weighted by Crippen LogP contribution is -2.14. The maximum atomic E-state index is 11.6. The van der Waals surface area contributed by atoms with Gasteiger partial charge in [0.15, 0.2) is 0 Å². The number of carbonyl (C=O) groups is 1. The first kappa shape index (κ1) is 11.7. The van der Waals surface area contributed by atoms with Gasteiger partial charge in [0.05, 0.1) is 12.1 Å². The van der Waals surface area contributed by atoms with Crippen molar-refractivity contribution in [1.82, 2.24) is 4.57 Å². The zero-order chi connectivity index (χ0) is 12.6. The van der Waals surface area contributed by atoms with Gasteiger partial charge in [0.2, 0.25) is 0 Å². The molecule has 2 aromatic heterocycles. The van der Waals surface area contributed by atoms with E-state index in [-0.39, 0.29) is 17.0 Å². The molecule has 2 heterocycles. The Morgan fingerprint density at radius 3 is 2.71 bits per heavy atom. The molecule has 0 atom stereocenters. The van der Waals surface area contributed by atoms with E-state index in [9.17, 15) is 9.59 Å². The summed E-state index contributed by atoms with van der Waals surface area (Å²) in [5.41, 5.74) is 0.978. The number of hydrogen-bond acceptors (Lipinski definition) is 4. The summed E-state index contributed by atoms with van der Waals surface area (Å²) in [5, 5.41) is 8.75. The van der Waals surface area contributed by atoms with Gasteiger partial charge in [0.25, 0.3) is 0 Å². The van der Waals surface area contributed by atoms with E-state index < -0.39 is 5.97 Å². The van der Waals surface area contributed by atoms with Crippen LogP contribution >= 0.6 is 11.3 Å². The topological polar surface area (TPSA) is 72.4 Å². The Balaban J connectivity index is 2.31. The van der Waals surface area contributed by atoms with E-state index in [0.717, 1.165) is 10.6 Å². The molecule has 0 aromatic carbocycles. The number of aromatic nitrogens is 1. The monoisotopic (exact) mass is 253 g/mol. The molecule has 0 saturated carbocycles. The Morgan fingerprint density at radius 1 is 1.53 bits per heavy atom. The van der Waals surface area contributed by atoms with Crippen LogP contribution in [-0.2, 0) is 6.54 Å². The molecule has 0 saturated heterocycles. The standard InChI is InChI=1S/C11H11NO4S/c1-6-7(2)17-11(15)12(6)4-9-3-8(5-16-9)10(13)14/h3,5H,4H2,1-2H3,(H,13,14). The van der Waals surface area contributed by atoms with Crippen molar-refractivity contribution in [3.8, 4) is 0 Å². The zero-order valence-electron chi connectivity index (χ0n) is 9.39. The van der Waals surface area contributed by atoms with Gasteiger partial charge in [-0.2, -0.15) is 0 Å². The number of furan rings is 1. The van der Waals surface area contributed by atoms with Gasteiger partial charge in [0.1, 0.15) is 12.0 Å². The number of carboxylic acid groups (broad SMARTS) is 1. The average molecular weight is 253 g/mol. The van der Waals surface area contributed by atoms with E-state index in [2.05, 4.69) is 0 Å². The van der Waals surface area contributed by atoms with E-state index in [1.165, 1.54) is 23.7 Å². The van der Waals surface area contributed by atoms with Crippen LogP contribution in [0.4, 0.5) is 0 Å². The predicted molar refractivity (Wildman–Crippen MR) is 62.8 cm³/mol. The molecule has 5 nitrogen and oxygen atoms in total. The summed E-state index contributed by atoms with van der Waals surface area (Å²) in [4.78, 5) is 23.2. The molecule has 6 heteroatoms. The molecule has 1 N–H and O–H groups in total. The van der Waals surface area contributed by atoms with E-state index in [1.807, 2.05) is 13.8 Å². The Labute approximate surface area is 101 Å². The third-order valence-corrected chi connectivity index (χ3v) is 3.59. The van der Waals surface area contributed by atoms with Crippen LogP contribution in [0.2, 0.25) is 0 Å². The third kappa shape index (κ3) is 2.16. The maximum Gasteiger partial charge on any atom is 0.338 e. The van der Waals surface area contributed by atoms with Crippen LogP contribution in [0, 0.1) is 13.8 Å². The van der Waals surface area contributed by atoms with Crippen molar-refractivity contribution >= 4 is 17.3 Å². The highest BCUT2D eigenvalue weighted by Crippen LogP contribution is 2.14. The Bertz CT molecular complexity index is 620. The van der Waals surface area contributed by atoms with Gasteiger partial charge in [-0.1, -0.05) is 11.3 Å². The molecule has 0 aliphatic carbocycles. The van der Waals surface area contributed by atoms with Gasteiger partial charge in [0, 0.05) is 10.6 Å². The fourth-order valence-corrected chi connectivity index (χ4v) is 2.33. The first-order valence-corrected chi connectivity index (χ1v) is 5.78. The van der Waals surface area contributed by atoms with Crippen LogP contribution in [0.1, 0.15) is 26.7 Å². The number of hydrogen-bond donors (Lipinski definition) is 1. The van der Waals surface area contributed by atoms with Crippen molar-refractivity contribution in [2.75, 3.05) is 0 Å². The Kier molecular flexibility index (Phi) is 2.89. The van der Waals surface area contributed by atoms with Gasteiger partial charge in [-0.15, -0.1) is 0 Å². The fourth-order valence-electron chi connectivity index (χ4n) is 1.50. The van der Waals surface area contributed by atoms with E-state index in [4.69, 9.17) is 9.52 Å².